The molecule has 1 aromatic carbocycles. The maximum atomic E-state index is 12.4. The second kappa shape index (κ2) is 10.5. The number of hydrogen-bond donors (Lipinski definition) is 1. The van der Waals surface area contributed by atoms with Crippen molar-refractivity contribution >= 4 is 23.6 Å². The second-order valence-electron chi connectivity index (χ2n) is 7.40. The lowest BCUT2D eigenvalue weighted by Crippen LogP contribution is -2.40. The topological polar surface area (TPSA) is 61.9 Å². The number of hydrogen-bond acceptors (Lipinski definition) is 4. The molecular formula is C20H30ClN3O3. The molecule has 150 valence electrons. The van der Waals surface area contributed by atoms with Gasteiger partial charge >= 0.3 is 6.09 Å². The van der Waals surface area contributed by atoms with Crippen molar-refractivity contribution in [3.05, 3.63) is 34.9 Å². The molecule has 1 aliphatic rings. The van der Waals surface area contributed by atoms with Crippen LogP contribution in [0.1, 0.15) is 38.8 Å². The molecule has 1 N–H and O–H groups in total. The van der Waals surface area contributed by atoms with Crippen molar-refractivity contribution < 1.29 is 14.3 Å². The second-order valence-corrected chi connectivity index (χ2v) is 7.81. The van der Waals surface area contributed by atoms with E-state index in [9.17, 15) is 9.59 Å². The van der Waals surface area contributed by atoms with E-state index in [0.717, 1.165) is 18.5 Å². The average Bonchev–Trinajstić information content (AvgIpc) is 2.85. The number of carbonyl (C=O) groups is 2. The van der Waals surface area contributed by atoms with Crippen LogP contribution in [-0.4, -0.2) is 61.1 Å². The van der Waals surface area contributed by atoms with Crippen molar-refractivity contribution in [2.75, 3.05) is 39.3 Å². The molecule has 0 aromatic heterocycles. The molecule has 1 heterocycles. The first-order valence-electron chi connectivity index (χ1n) is 9.54. The van der Waals surface area contributed by atoms with Gasteiger partial charge in [-0.15, -0.1) is 0 Å². The van der Waals surface area contributed by atoms with Crippen molar-refractivity contribution in [1.29, 1.82) is 0 Å². The van der Waals surface area contributed by atoms with Gasteiger partial charge in [0.15, 0.2) is 0 Å². The van der Waals surface area contributed by atoms with E-state index in [-0.39, 0.29) is 18.0 Å². The Kier molecular flexibility index (Phi) is 8.38. The Morgan fingerprint density at radius 2 is 1.89 bits per heavy atom. The third kappa shape index (κ3) is 7.03. The van der Waals surface area contributed by atoms with Gasteiger partial charge in [-0.1, -0.05) is 43.6 Å². The maximum absolute atomic E-state index is 12.4. The minimum atomic E-state index is -0.262. The van der Waals surface area contributed by atoms with Crippen LogP contribution in [0, 0.1) is 5.92 Å². The number of rotatable bonds is 6. The number of nitrogens with one attached hydrogen (secondary N) is 1. The molecule has 2 amide bonds. The number of nitrogens with zero attached hydrogens (tertiary/aromatic N) is 2. The van der Waals surface area contributed by atoms with Gasteiger partial charge in [-0.05, 0) is 30.9 Å². The molecule has 0 bridgehead atoms. The summed E-state index contributed by atoms with van der Waals surface area (Å²) >= 11 is 6.20. The van der Waals surface area contributed by atoms with Crippen molar-refractivity contribution in [3.63, 3.8) is 0 Å². The smallest absolute Gasteiger partial charge is 0.409 e. The van der Waals surface area contributed by atoms with E-state index in [2.05, 4.69) is 10.2 Å². The molecular weight excluding hydrogens is 366 g/mol. The summed E-state index contributed by atoms with van der Waals surface area (Å²) in [6, 6.07) is 7.36. The monoisotopic (exact) mass is 395 g/mol. The van der Waals surface area contributed by atoms with Crippen molar-refractivity contribution in [2.24, 2.45) is 5.92 Å². The Morgan fingerprint density at radius 3 is 2.59 bits per heavy atom. The van der Waals surface area contributed by atoms with Crippen LogP contribution in [0.3, 0.4) is 0 Å². The molecule has 0 saturated carbocycles. The van der Waals surface area contributed by atoms with Crippen molar-refractivity contribution in [1.82, 2.24) is 15.1 Å². The Hall–Kier alpha value is -1.79. The van der Waals surface area contributed by atoms with E-state index in [1.165, 1.54) is 0 Å². The molecule has 0 radical (unpaired) electrons. The van der Waals surface area contributed by atoms with Crippen LogP contribution in [0.15, 0.2) is 24.3 Å². The Balaban J connectivity index is 1.79. The minimum Gasteiger partial charge on any atom is -0.449 e. The van der Waals surface area contributed by atoms with E-state index in [0.29, 0.717) is 43.7 Å². The van der Waals surface area contributed by atoms with Crippen LogP contribution in [0.5, 0.6) is 0 Å². The SMILES string of the molecule is CC(C)COC(=O)N1CCCN(CC(=O)NC(C)c2ccccc2Cl)CC1. The first-order valence-corrected chi connectivity index (χ1v) is 9.92. The highest BCUT2D eigenvalue weighted by molar-refractivity contribution is 6.31. The normalized spacial score (nSPS) is 16.7. The summed E-state index contributed by atoms with van der Waals surface area (Å²) in [4.78, 5) is 28.3. The van der Waals surface area contributed by atoms with Gasteiger partial charge in [0.2, 0.25) is 5.91 Å². The highest BCUT2D eigenvalue weighted by Gasteiger charge is 2.22. The molecule has 2 rings (SSSR count). The van der Waals surface area contributed by atoms with E-state index >= 15 is 0 Å². The molecule has 1 unspecified atom stereocenters. The predicted octanol–water partition coefficient (Wildman–Crippen LogP) is 3.32. The predicted molar refractivity (Wildman–Crippen MR) is 107 cm³/mol. The lowest BCUT2D eigenvalue weighted by atomic mass is 10.1. The minimum absolute atomic E-state index is 0.0433. The number of ether oxygens (including phenoxy) is 1. The van der Waals surface area contributed by atoms with Crippen LogP contribution in [0.4, 0.5) is 4.79 Å². The fraction of sp³-hybridized carbons (Fsp3) is 0.600. The van der Waals surface area contributed by atoms with Crippen LogP contribution in [-0.2, 0) is 9.53 Å². The van der Waals surface area contributed by atoms with Gasteiger partial charge in [-0.3, -0.25) is 9.69 Å². The number of carbonyl (C=O) groups excluding carboxylic acids is 2. The summed E-state index contributed by atoms with van der Waals surface area (Å²) in [5, 5.41) is 3.65. The van der Waals surface area contributed by atoms with Gasteiger partial charge in [0.05, 0.1) is 19.2 Å². The summed E-state index contributed by atoms with van der Waals surface area (Å²) in [5.41, 5.74) is 0.905. The zero-order valence-electron chi connectivity index (χ0n) is 16.4. The molecule has 1 fully saturated rings. The fourth-order valence-electron chi connectivity index (χ4n) is 3.04. The summed E-state index contributed by atoms with van der Waals surface area (Å²) < 4.78 is 5.30. The van der Waals surface area contributed by atoms with Gasteiger partial charge < -0.3 is 15.0 Å². The number of halogens is 1. The summed E-state index contributed by atoms with van der Waals surface area (Å²) in [5.74, 6) is 0.277. The molecule has 0 spiro atoms. The highest BCUT2D eigenvalue weighted by atomic mass is 35.5. The van der Waals surface area contributed by atoms with Crippen LogP contribution >= 0.6 is 11.6 Å². The summed E-state index contributed by atoms with van der Waals surface area (Å²) in [6.45, 7) is 9.36. The van der Waals surface area contributed by atoms with E-state index in [1.807, 2.05) is 45.0 Å². The Labute approximate surface area is 166 Å². The average molecular weight is 396 g/mol. The Morgan fingerprint density at radius 1 is 1.15 bits per heavy atom. The van der Waals surface area contributed by atoms with Crippen molar-refractivity contribution in [3.8, 4) is 0 Å². The summed E-state index contributed by atoms with van der Waals surface area (Å²) in [7, 11) is 0. The fourth-order valence-corrected chi connectivity index (χ4v) is 3.33. The molecule has 1 aromatic rings. The standard InChI is InChI=1S/C20H30ClN3O3/c1-15(2)14-27-20(26)24-10-6-9-23(11-12-24)13-19(25)22-16(3)17-7-4-5-8-18(17)21/h4-5,7-8,15-16H,6,9-14H2,1-3H3,(H,22,25). The Bertz CT molecular complexity index is 639. The number of benzene rings is 1. The first-order chi connectivity index (χ1) is 12.9. The van der Waals surface area contributed by atoms with Crippen LogP contribution < -0.4 is 5.32 Å². The summed E-state index contributed by atoms with van der Waals surface area (Å²) in [6.07, 6.45) is 0.562. The molecule has 1 aliphatic heterocycles. The zero-order chi connectivity index (χ0) is 19.8. The van der Waals surface area contributed by atoms with E-state index < -0.39 is 0 Å². The zero-order valence-corrected chi connectivity index (χ0v) is 17.2. The molecule has 1 saturated heterocycles. The lowest BCUT2D eigenvalue weighted by molar-refractivity contribution is -0.122. The first kappa shape index (κ1) is 21.5. The van der Waals surface area contributed by atoms with Gasteiger partial charge in [0.1, 0.15) is 0 Å². The van der Waals surface area contributed by atoms with Crippen molar-refractivity contribution in [2.45, 2.75) is 33.2 Å². The van der Waals surface area contributed by atoms with Gasteiger partial charge in [0, 0.05) is 31.2 Å². The third-order valence-electron chi connectivity index (χ3n) is 4.50. The van der Waals surface area contributed by atoms with Gasteiger partial charge in [-0.2, -0.15) is 0 Å². The lowest BCUT2D eigenvalue weighted by Gasteiger charge is -2.22. The molecule has 27 heavy (non-hydrogen) atoms. The molecule has 1 atom stereocenters. The van der Waals surface area contributed by atoms with E-state index in [4.69, 9.17) is 16.3 Å². The largest absolute Gasteiger partial charge is 0.449 e. The molecule has 6 nitrogen and oxygen atoms in total. The maximum Gasteiger partial charge on any atom is 0.409 e. The van der Waals surface area contributed by atoms with E-state index in [1.54, 1.807) is 4.90 Å². The number of amides is 2. The van der Waals surface area contributed by atoms with Gasteiger partial charge in [0.25, 0.3) is 0 Å². The quantitative estimate of drug-likeness (QED) is 0.802. The third-order valence-corrected chi connectivity index (χ3v) is 4.85. The van der Waals surface area contributed by atoms with Crippen LogP contribution in [0.25, 0.3) is 0 Å². The highest BCUT2D eigenvalue weighted by Crippen LogP contribution is 2.22. The van der Waals surface area contributed by atoms with Gasteiger partial charge in [-0.25, -0.2) is 4.79 Å². The van der Waals surface area contributed by atoms with Crippen LogP contribution in [0.2, 0.25) is 5.02 Å². The molecule has 0 aliphatic carbocycles. The molecule has 7 heteroatoms.